The highest BCUT2D eigenvalue weighted by Crippen LogP contribution is 2.28. The molecule has 0 aliphatic heterocycles. The molecule has 0 unspecified atom stereocenters. The van der Waals surface area contributed by atoms with Crippen LogP contribution in [-0.2, 0) is 22.3 Å². The summed E-state index contributed by atoms with van der Waals surface area (Å²) in [4.78, 5) is 11.9. The number of rotatable bonds is 3. The largest absolute Gasteiger partial charge is 0.498 e. The molecule has 0 saturated carbocycles. The summed E-state index contributed by atoms with van der Waals surface area (Å²) in [5, 5.41) is 2.85. The predicted octanol–water partition coefficient (Wildman–Crippen LogP) is 4.05. The molecule has 0 aromatic heterocycles. The summed E-state index contributed by atoms with van der Waals surface area (Å²) in [7, 11) is 0. The summed E-state index contributed by atoms with van der Waals surface area (Å²) in [6.45, 7) is 8.18. The van der Waals surface area contributed by atoms with E-state index in [1.54, 1.807) is 0 Å². The van der Waals surface area contributed by atoms with Crippen molar-refractivity contribution in [2.24, 2.45) is 0 Å². The minimum atomic E-state index is -0.505. The molecule has 114 valence electrons. The standard InChI is InChI=1S/C17H23NO3/c1-5-20-13-10-9-12-7-6-8-15(14(12)11-13)18-16(19)21-17(2,3)4/h6-8,10H,5,9,11H2,1-4H3,(H,18,19). The van der Waals surface area contributed by atoms with Crippen LogP contribution in [0.1, 0.15) is 38.8 Å². The molecule has 1 aliphatic carbocycles. The maximum absolute atomic E-state index is 11.9. The smallest absolute Gasteiger partial charge is 0.412 e. The molecule has 4 nitrogen and oxygen atoms in total. The first kappa shape index (κ1) is 15.4. The van der Waals surface area contributed by atoms with Crippen LogP contribution in [0, 0.1) is 0 Å². The molecular formula is C17H23NO3. The Hall–Kier alpha value is -1.97. The molecular weight excluding hydrogens is 266 g/mol. The highest BCUT2D eigenvalue weighted by Gasteiger charge is 2.20. The van der Waals surface area contributed by atoms with Crippen LogP contribution in [0.4, 0.5) is 10.5 Å². The topological polar surface area (TPSA) is 47.6 Å². The Morgan fingerprint density at radius 2 is 2.10 bits per heavy atom. The van der Waals surface area contributed by atoms with Gasteiger partial charge in [-0.1, -0.05) is 12.1 Å². The SMILES string of the molecule is CCOC1=CCc2cccc(NC(=O)OC(C)(C)C)c2C1. The van der Waals surface area contributed by atoms with Gasteiger partial charge in [0.1, 0.15) is 5.60 Å². The lowest BCUT2D eigenvalue weighted by atomic mass is 9.94. The van der Waals surface area contributed by atoms with E-state index in [2.05, 4.69) is 17.5 Å². The quantitative estimate of drug-likeness (QED) is 0.913. The van der Waals surface area contributed by atoms with Gasteiger partial charge < -0.3 is 9.47 Å². The molecule has 1 amide bonds. The molecule has 1 N–H and O–H groups in total. The monoisotopic (exact) mass is 289 g/mol. The van der Waals surface area contributed by atoms with Gasteiger partial charge in [-0.2, -0.15) is 0 Å². The molecule has 4 heteroatoms. The lowest BCUT2D eigenvalue weighted by molar-refractivity contribution is 0.0635. The number of hydrogen-bond acceptors (Lipinski definition) is 3. The van der Waals surface area contributed by atoms with E-state index in [0.717, 1.165) is 23.4 Å². The number of ether oxygens (including phenoxy) is 2. The average molecular weight is 289 g/mol. The Morgan fingerprint density at radius 3 is 2.76 bits per heavy atom. The predicted molar refractivity (Wildman–Crippen MR) is 83.4 cm³/mol. The van der Waals surface area contributed by atoms with Gasteiger partial charge in [0.05, 0.1) is 12.4 Å². The van der Waals surface area contributed by atoms with Crippen molar-refractivity contribution in [2.75, 3.05) is 11.9 Å². The molecule has 1 aromatic carbocycles. The second kappa shape index (κ2) is 6.20. The van der Waals surface area contributed by atoms with Crippen LogP contribution in [0.15, 0.2) is 30.0 Å². The Morgan fingerprint density at radius 1 is 1.33 bits per heavy atom. The van der Waals surface area contributed by atoms with Crippen LogP contribution in [-0.4, -0.2) is 18.3 Å². The summed E-state index contributed by atoms with van der Waals surface area (Å²) in [6, 6.07) is 5.93. The van der Waals surface area contributed by atoms with Crippen molar-refractivity contribution in [3.05, 3.63) is 41.2 Å². The number of amides is 1. The van der Waals surface area contributed by atoms with Gasteiger partial charge in [0.15, 0.2) is 0 Å². The van der Waals surface area contributed by atoms with Gasteiger partial charge in [0.25, 0.3) is 0 Å². The van der Waals surface area contributed by atoms with E-state index in [1.165, 1.54) is 5.56 Å². The van der Waals surface area contributed by atoms with E-state index in [9.17, 15) is 4.79 Å². The molecule has 1 aromatic rings. The number of fused-ring (bicyclic) bond motifs is 1. The van der Waals surface area contributed by atoms with Crippen LogP contribution >= 0.6 is 0 Å². The zero-order valence-electron chi connectivity index (χ0n) is 13.2. The Balaban J connectivity index is 2.15. The molecule has 2 rings (SSSR count). The van der Waals surface area contributed by atoms with E-state index in [0.29, 0.717) is 13.0 Å². The first-order chi connectivity index (χ1) is 9.89. The van der Waals surface area contributed by atoms with E-state index >= 15 is 0 Å². The second-order valence-electron chi connectivity index (χ2n) is 6.05. The van der Waals surface area contributed by atoms with Gasteiger partial charge in [-0.15, -0.1) is 0 Å². The molecule has 1 aliphatic rings. The Bertz CT molecular complexity index is 556. The number of carbonyl (C=O) groups is 1. The molecule has 0 heterocycles. The normalized spacial score (nSPS) is 14.0. The summed E-state index contributed by atoms with van der Waals surface area (Å²) < 4.78 is 10.9. The lowest BCUT2D eigenvalue weighted by Crippen LogP contribution is -2.27. The van der Waals surface area contributed by atoms with Gasteiger partial charge in [0, 0.05) is 12.1 Å². The van der Waals surface area contributed by atoms with Crippen molar-refractivity contribution in [2.45, 2.75) is 46.1 Å². The van der Waals surface area contributed by atoms with Crippen molar-refractivity contribution < 1.29 is 14.3 Å². The van der Waals surface area contributed by atoms with Gasteiger partial charge in [0.2, 0.25) is 0 Å². The third-order valence-corrected chi connectivity index (χ3v) is 3.14. The summed E-state index contributed by atoms with van der Waals surface area (Å²) in [5.41, 5.74) is 2.61. The number of carbonyl (C=O) groups excluding carboxylic acids is 1. The van der Waals surface area contributed by atoms with Crippen molar-refractivity contribution in [3.8, 4) is 0 Å². The van der Waals surface area contributed by atoms with Gasteiger partial charge in [-0.3, -0.25) is 5.32 Å². The highest BCUT2D eigenvalue weighted by atomic mass is 16.6. The number of benzene rings is 1. The van der Waals surface area contributed by atoms with Crippen molar-refractivity contribution in [1.29, 1.82) is 0 Å². The zero-order valence-corrected chi connectivity index (χ0v) is 13.2. The molecule has 21 heavy (non-hydrogen) atoms. The Labute approximate surface area is 126 Å². The molecule has 0 atom stereocenters. The third-order valence-electron chi connectivity index (χ3n) is 3.14. The fourth-order valence-electron chi connectivity index (χ4n) is 2.33. The summed E-state index contributed by atoms with van der Waals surface area (Å²) in [6.07, 6.45) is 3.20. The van der Waals surface area contributed by atoms with Crippen molar-refractivity contribution in [1.82, 2.24) is 0 Å². The first-order valence-corrected chi connectivity index (χ1v) is 7.31. The van der Waals surface area contributed by atoms with Gasteiger partial charge >= 0.3 is 6.09 Å². The summed E-state index contributed by atoms with van der Waals surface area (Å²) in [5.74, 6) is 0.962. The van der Waals surface area contributed by atoms with Crippen LogP contribution in [0.5, 0.6) is 0 Å². The van der Waals surface area contributed by atoms with Crippen LogP contribution in [0.3, 0.4) is 0 Å². The zero-order chi connectivity index (χ0) is 15.5. The summed E-state index contributed by atoms with van der Waals surface area (Å²) >= 11 is 0. The number of anilines is 1. The fraction of sp³-hybridized carbons (Fsp3) is 0.471. The average Bonchev–Trinajstić information content (AvgIpc) is 2.37. The van der Waals surface area contributed by atoms with E-state index in [1.807, 2.05) is 39.8 Å². The molecule has 0 saturated heterocycles. The highest BCUT2D eigenvalue weighted by molar-refractivity contribution is 5.86. The number of nitrogens with one attached hydrogen (secondary N) is 1. The third kappa shape index (κ3) is 4.25. The van der Waals surface area contributed by atoms with E-state index < -0.39 is 11.7 Å². The maximum Gasteiger partial charge on any atom is 0.412 e. The van der Waals surface area contributed by atoms with Crippen LogP contribution in [0.25, 0.3) is 0 Å². The Kier molecular flexibility index (Phi) is 4.56. The number of allylic oxidation sites excluding steroid dienone is 2. The van der Waals surface area contributed by atoms with Crippen molar-refractivity contribution >= 4 is 11.8 Å². The van der Waals surface area contributed by atoms with E-state index in [-0.39, 0.29) is 0 Å². The minimum absolute atomic E-state index is 0.427. The fourth-order valence-corrected chi connectivity index (χ4v) is 2.33. The minimum Gasteiger partial charge on any atom is -0.498 e. The molecule has 0 spiro atoms. The molecule has 0 bridgehead atoms. The molecule has 0 radical (unpaired) electrons. The van der Waals surface area contributed by atoms with Crippen LogP contribution in [0.2, 0.25) is 0 Å². The van der Waals surface area contributed by atoms with Crippen molar-refractivity contribution in [3.63, 3.8) is 0 Å². The maximum atomic E-state index is 11.9. The number of hydrogen-bond donors (Lipinski definition) is 1. The van der Waals surface area contributed by atoms with Gasteiger partial charge in [-0.25, -0.2) is 4.79 Å². The lowest BCUT2D eigenvalue weighted by Gasteiger charge is -2.23. The first-order valence-electron chi connectivity index (χ1n) is 7.31. The van der Waals surface area contributed by atoms with E-state index in [4.69, 9.17) is 9.47 Å². The second-order valence-corrected chi connectivity index (χ2v) is 6.05. The molecule has 0 fully saturated rings. The van der Waals surface area contributed by atoms with Gasteiger partial charge in [-0.05, 0) is 57.4 Å². The van der Waals surface area contributed by atoms with Crippen LogP contribution < -0.4 is 5.32 Å².